The highest BCUT2D eigenvalue weighted by Crippen LogP contribution is 2.13. The fourth-order valence-corrected chi connectivity index (χ4v) is 1.59. The van der Waals surface area contributed by atoms with Crippen molar-refractivity contribution in [3.05, 3.63) is 35.4 Å². The summed E-state index contributed by atoms with van der Waals surface area (Å²) in [5, 5.41) is 8.94. The fraction of sp³-hybridized carbons (Fsp3) is 0.500. The van der Waals surface area contributed by atoms with E-state index in [1.54, 1.807) is 0 Å². The maximum absolute atomic E-state index is 8.94. The first kappa shape index (κ1) is 11.2. The monoisotopic (exact) mass is 194 g/mol. The summed E-state index contributed by atoms with van der Waals surface area (Å²) in [5.41, 5.74) is 2.61. The van der Waals surface area contributed by atoms with E-state index in [4.69, 9.17) is 5.11 Å². The van der Waals surface area contributed by atoms with Crippen molar-refractivity contribution in [3.8, 4) is 0 Å². The van der Waals surface area contributed by atoms with Crippen LogP contribution in [0, 0.1) is 0 Å². The van der Waals surface area contributed by atoms with Gasteiger partial charge in [0.1, 0.15) is 6.54 Å². The standard InChI is InChI=1S/C12H20NO/c1-13(2,3)10-12-7-5-4-6-11(12)8-9-14/h4-7,14H,8-10H2,1-3H3/q+1. The molecular weight excluding hydrogens is 174 g/mol. The van der Waals surface area contributed by atoms with Crippen LogP contribution < -0.4 is 0 Å². The molecule has 0 fully saturated rings. The third-order valence-corrected chi connectivity index (χ3v) is 2.14. The lowest BCUT2D eigenvalue weighted by molar-refractivity contribution is -0.884. The summed E-state index contributed by atoms with van der Waals surface area (Å²) >= 11 is 0. The van der Waals surface area contributed by atoms with Crippen LogP contribution in [0.25, 0.3) is 0 Å². The smallest absolute Gasteiger partial charge is 0.104 e. The van der Waals surface area contributed by atoms with E-state index >= 15 is 0 Å². The Morgan fingerprint density at radius 2 is 1.64 bits per heavy atom. The molecule has 1 aromatic rings. The number of aliphatic hydroxyl groups is 1. The number of nitrogens with zero attached hydrogens (tertiary/aromatic N) is 1. The molecule has 14 heavy (non-hydrogen) atoms. The lowest BCUT2D eigenvalue weighted by Crippen LogP contribution is -2.33. The average molecular weight is 194 g/mol. The summed E-state index contributed by atoms with van der Waals surface area (Å²) in [6.07, 6.45) is 0.760. The summed E-state index contributed by atoms with van der Waals surface area (Å²) in [5.74, 6) is 0. The molecule has 0 saturated carbocycles. The van der Waals surface area contributed by atoms with Crippen molar-refractivity contribution in [1.29, 1.82) is 0 Å². The molecule has 1 aromatic carbocycles. The van der Waals surface area contributed by atoms with E-state index in [1.165, 1.54) is 11.1 Å². The predicted molar refractivity (Wildman–Crippen MR) is 59.0 cm³/mol. The van der Waals surface area contributed by atoms with Gasteiger partial charge in [0.15, 0.2) is 0 Å². The van der Waals surface area contributed by atoms with Gasteiger partial charge in [0.05, 0.1) is 21.1 Å². The Morgan fingerprint density at radius 3 is 2.14 bits per heavy atom. The molecule has 2 nitrogen and oxygen atoms in total. The van der Waals surface area contributed by atoms with Crippen LogP contribution in [0.15, 0.2) is 24.3 Å². The second-order valence-corrected chi connectivity index (χ2v) is 4.69. The van der Waals surface area contributed by atoms with Crippen molar-refractivity contribution in [3.63, 3.8) is 0 Å². The fourth-order valence-electron chi connectivity index (χ4n) is 1.59. The molecule has 0 radical (unpaired) electrons. The normalized spacial score (nSPS) is 11.7. The van der Waals surface area contributed by atoms with Crippen LogP contribution in [0.4, 0.5) is 0 Å². The lowest BCUT2D eigenvalue weighted by atomic mass is 10.0. The highest BCUT2D eigenvalue weighted by Gasteiger charge is 2.11. The molecule has 0 unspecified atom stereocenters. The summed E-state index contributed by atoms with van der Waals surface area (Å²) in [7, 11) is 6.53. The topological polar surface area (TPSA) is 20.2 Å². The Bertz CT molecular complexity index is 289. The minimum absolute atomic E-state index is 0.230. The molecule has 2 heteroatoms. The molecule has 0 heterocycles. The third kappa shape index (κ3) is 3.48. The van der Waals surface area contributed by atoms with Crippen molar-refractivity contribution in [2.75, 3.05) is 27.7 Å². The lowest BCUT2D eigenvalue weighted by Gasteiger charge is -2.25. The van der Waals surface area contributed by atoms with Gasteiger partial charge >= 0.3 is 0 Å². The molecule has 0 atom stereocenters. The molecule has 0 bridgehead atoms. The molecule has 1 rings (SSSR count). The largest absolute Gasteiger partial charge is 0.396 e. The first-order chi connectivity index (χ1) is 6.53. The number of rotatable bonds is 4. The van der Waals surface area contributed by atoms with Crippen molar-refractivity contribution >= 4 is 0 Å². The molecule has 0 aliphatic carbocycles. The van der Waals surface area contributed by atoms with Crippen molar-refractivity contribution in [2.45, 2.75) is 13.0 Å². The van der Waals surface area contributed by atoms with Crippen LogP contribution >= 0.6 is 0 Å². The van der Waals surface area contributed by atoms with Gasteiger partial charge < -0.3 is 9.59 Å². The molecule has 1 N–H and O–H groups in total. The first-order valence-corrected chi connectivity index (χ1v) is 5.01. The van der Waals surface area contributed by atoms with E-state index < -0.39 is 0 Å². The van der Waals surface area contributed by atoms with Crippen molar-refractivity contribution < 1.29 is 9.59 Å². The molecule has 0 spiro atoms. The Kier molecular flexibility index (Phi) is 3.67. The Balaban J connectivity index is 2.84. The molecule has 0 aromatic heterocycles. The molecule has 0 aliphatic rings. The minimum atomic E-state index is 0.230. The Morgan fingerprint density at radius 1 is 1.07 bits per heavy atom. The van der Waals surface area contributed by atoms with E-state index in [-0.39, 0.29) is 6.61 Å². The van der Waals surface area contributed by atoms with E-state index in [0.717, 1.165) is 17.4 Å². The van der Waals surface area contributed by atoms with Crippen molar-refractivity contribution in [2.24, 2.45) is 0 Å². The van der Waals surface area contributed by atoms with Gasteiger partial charge in [0.25, 0.3) is 0 Å². The van der Waals surface area contributed by atoms with Gasteiger partial charge in [-0.05, 0) is 12.0 Å². The van der Waals surface area contributed by atoms with E-state index in [9.17, 15) is 0 Å². The van der Waals surface area contributed by atoms with Crippen LogP contribution in [-0.2, 0) is 13.0 Å². The SMILES string of the molecule is C[N+](C)(C)Cc1ccccc1CCO. The summed E-state index contributed by atoms with van der Waals surface area (Å²) in [6, 6.07) is 8.34. The van der Waals surface area contributed by atoms with Gasteiger partial charge in [0, 0.05) is 12.2 Å². The third-order valence-electron chi connectivity index (χ3n) is 2.14. The summed E-state index contributed by atoms with van der Waals surface area (Å²) in [6.45, 7) is 1.24. The highest BCUT2D eigenvalue weighted by molar-refractivity contribution is 5.26. The molecule has 0 aliphatic heterocycles. The second-order valence-electron chi connectivity index (χ2n) is 4.69. The number of hydrogen-bond donors (Lipinski definition) is 1. The highest BCUT2D eigenvalue weighted by atomic mass is 16.2. The van der Waals surface area contributed by atoms with Gasteiger partial charge in [-0.1, -0.05) is 24.3 Å². The molecule has 78 valence electrons. The Hall–Kier alpha value is -0.860. The van der Waals surface area contributed by atoms with Gasteiger partial charge in [-0.2, -0.15) is 0 Å². The maximum atomic E-state index is 8.94. The van der Waals surface area contributed by atoms with Crippen LogP contribution in [0.2, 0.25) is 0 Å². The summed E-state index contributed by atoms with van der Waals surface area (Å²) in [4.78, 5) is 0. The zero-order valence-corrected chi connectivity index (χ0v) is 9.33. The number of quaternary nitrogens is 1. The van der Waals surface area contributed by atoms with Gasteiger partial charge in [-0.25, -0.2) is 0 Å². The number of hydrogen-bond acceptors (Lipinski definition) is 1. The average Bonchev–Trinajstić information content (AvgIpc) is 2.06. The summed E-state index contributed by atoms with van der Waals surface area (Å²) < 4.78 is 0.919. The Labute approximate surface area is 86.4 Å². The van der Waals surface area contributed by atoms with E-state index in [1.807, 2.05) is 6.07 Å². The van der Waals surface area contributed by atoms with Gasteiger partial charge in [0.2, 0.25) is 0 Å². The number of benzene rings is 1. The van der Waals surface area contributed by atoms with Crippen LogP contribution in [0.5, 0.6) is 0 Å². The molecule has 0 amide bonds. The minimum Gasteiger partial charge on any atom is -0.396 e. The van der Waals surface area contributed by atoms with Gasteiger partial charge in [-0.3, -0.25) is 0 Å². The van der Waals surface area contributed by atoms with Crippen molar-refractivity contribution in [1.82, 2.24) is 0 Å². The predicted octanol–water partition coefficient (Wildman–Crippen LogP) is 1.43. The molecule has 0 saturated heterocycles. The van der Waals surface area contributed by atoms with Crippen LogP contribution in [-0.4, -0.2) is 37.3 Å². The van der Waals surface area contributed by atoms with Gasteiger partial charge in [-0.15, -0.1) is 0 Å². The zero-order valence-electron chi connectivity index (χ0n) is 9.33. The van der Waals surface area contributed by atoms with E-state index in [2.05, 4.69) is 39.3 Å². The number of aliphatic hydroxyl groups excluding tert-OH is 1. The van der Waals surface area contributed by atoms with Crippen LogP contribution in [0.3, 0.4) is 0 Å². The molecular formula is C12H20NO+. The van der Waals surface area contributed by atoms with E-state index in [0.29, 0.717) is 0 Å². The second kappa shape index (κ2) is 4.58. The quantitative estimate of drug-likeness (QED) is 0.719. The first-order valence-electron chi connectivity index (χ1n) is 5.01. The van der Waals surface area contributed by atoms with Crippen LogP contribution in [0.1, 0.15) is 11.1 Å². The zero-order chi connectivity index (χ0) is 10.6. The maximum Gasteiger partial charge on any atom is 0.104 e.